The summed E-state index contributed by atoms with van der Waals surface area (Å²) < 4.78 is 0. The Morgan fingerprint density at radius 2 is 0.971 bits per heavy atom. The molecule has 0 atom stereocenters. The van der Waals surface area contributed by atoms with Gasteiger partial charge < -0.3 is 14.7 Å². The predicted molar refractivity (Wildman–Crippen MR) is 300 cm³/mol. The zero-order chi connectivity index (χ0) is 48.1. The highest BCUT2D eigenvalue weighted by atomic mass is 15.2. The van der Waals surface area contributed by atoms with E-state index in [2.05, 4.69) is 276 Å². The highest BCUT2D eigenvalue weighted by molar-refractivity contribution is 7.00. The molecule has 3 nitrogen and oxygen atoms in total. The molecule has 0 N–H and O–H groups in total. The van der Waals surface area contributed by atoms with E-state index in [1.807, 2.05) is 0 Å². The van der Waals surface area contributed by atoms with E-state index in [1.54, 1.807) is 0 Å². The summed E-state index contributed by atoms with van der Waals surface area (Å²) in [4.78, 5) is 7.61. The summed E-state index contributed by atoms with van der Waals surface area (Å²) in [5.41, 5.74) is 24.9. The van der Waals surface area contributed by atoms with Crippen molar-refractivity contribution >= 4 is 74.3 Å². The minimum Gasteiger partial charge on any atom is -0.311 e. The van der Waals surface area contributed by atoms with Crippen molar-refractivity contribution in [2.75, 3.05) is 14.7 Å². The zero-order valence-electron chi connectivity index (χ0n) is 41.8. The monoisotopic (exact) mass is 905 g/mol. The van der Waals surface area contributed by atoms with Crippen molar-refractivity contribution in [2.24, 2.45) is 0 Å². The molecule has 0 saturated carbocycles. The Balaban J connectivity index is 1.17. The molecule has 0 fully saturated rings. The molecule has 0 aromatic heterocycles. The first-order valence-corrected chi connectivity index (χ1v) is 25.1. The summed E-state index contributed by atoms with van der Waals surface area (Å²) in [5.74, 6) is 0. The molecule has 9 aromatic carbocycles. The summed E-state index contributed by atoms with van der Waals surface area (Å²) in [7, 11) is 0. The van der Waals surface area contributed by atoms with Crippen molar-refractivity contribution in [3.8, 4) is 22.3 Å². The lowest BCUT2D eigenvalue weighted by Gasteiger charge is -2.45. The molecular formula is C66H60BN3. The van der Waals surface area contributed by atoms with Crippen LogP contribution in [0, 0.1) is 6.92 Å². The van der Waals surface area contributed by atoms with Crippen LogP contribution in [0.15, 0.2) is 206 Å². The fraction of sp³-hybridized carbons (Fsp3) is 0.182. The number of anilines is 9. The van der Waals surface area contributed by atoms with Gasteiger partial charge in [-0.15, -0.1) is 0 Å². The summed E-state index contributed by atoms with van der Waals surface area (Å²) in [6, 6.07) is 77.3. The van der Waals surface area contributed by atoms with E-state index in [9.17, 15) is 0 Å². The van der Waals surface area contributed by atoms with Gasteiger partial charge in [0.1, 0.15) is 0 Å². The van der Waals surface area contributed by atoms with Crippen LogP contribution in [0.1, 0.15) is 77.1 Å². The lowest BCUT2D eigenvalue weighted by atomic mass is 9.33. The quantitative estimate of drug-likeness (QED) is 0.148. The smallest absolute Gasteiger partial charge is 0.252 e. The average Bonchev–Trinajstić information content (AvgIpc) is 3.55. The van der Waals surface area contributed by atoms with Gasteiger partial charge in [0, 0.05) is 51.1 Å². The number of rotatable bonds is 7. The van der Waals surface area contributed by atoms with E-state index >= 15 is 0 Å². The van der Waals surface area contributed by atoms with Gasteiger partial charge >= 0.3 is 0 Å². The van der Waals surface area contributed by atoms with Crippen LogP contribution in [-0.4, -0.2) is 6.71 Å². The Labute approximate surface area is 415 Å². The van der Waals surface area contributed by atoms with Crippen LogP contribution < -0.4 is 31.1 Å². The number of hydrogen-bond donors (Lipinski definition) is 0. The molecule has 0 saturated heterocycles. The maximum absolute atomic E-state index is 2.65. The third-order valence-electron chi connectivity index (χ3n) is 15.4. The number of hydrogen-bond acceptors (Lipinski definition) is 3. The Bertz CT molecular complexity index is 3410. The molecule has 2 heterocycles. The van der Waals surface area contributed by atoms with Gasteiger partial charge in [0.05, 0.1) is 5.69 Å². The SMILES string of the molecule is Cc1cc2c3c(c1)N(c1ccc(C(C)(C)C)cc1-c1ccccc1)c1cc4c(cc1B3c1ccc(N(c3ccccc3)c3ccccc3)cc1N2c1ccc(-c2ccccc2)cc1)C(C)(C)CC4(C)C. The number of benzene rings is 9. The predicted octanol–water partition coefficient (Wildman–Crippen LogP) is 16.1. The van der Waals surface area contributed by atoms with Crippen LogP contribution in [0.3, 0.4) is 0 Å². The second-order valence-electron chi connectivity index (χ2n) is 22.2. The minimum atomic E-state index is -0.0264. The second-order valence-corrected chi connectivity index (χ2v) is 22.2. The van der Waals surface area contributed by atoms with Gasteiger partial charge in [-0.2, -0.15) is 0 Å². The minimum absolute atomic E-state index is 0.0103. The Hall–Kier alpha value is -7.56. The van der Waals surface area contributed by atoms with Gasteiger partial charge in [0.2, 0.25) is 0 Å². The Morgan fingerprint density at radius 3 is 1.57 bits per heavy atom. The van der Waals surface area contributed by atoms with Crippen molar-refractivity contribution in [3.63, 3.8) is 0 Å². The normalized spacial score (nSPS) is 14.9. The van der Waals surface area contributed by atoms with E-state index < -0.39 is 0 Å². The first-order chi connectivity index (χ1) is 33.7. The van der Waals surface area contributed by atoms with Gasteiger partial charge in [-0.25, -0.2) is 0 Å². The largest absolute Gasteiger partial charge is 0.311 e. The number of fused-ring (bicyclic) bond motifs is 5. The molecule has 0 amide bonds. The Morgan fingerprint density at radius 1 is 0.443 bits per heavy atom. The summed E-state index contributed by atoms with van der Waals surface area (Å²) in [5, 5.41) is 0. The molecule has 0 bridgehead atoms. The average molecular weight is 906 g/mol. The van der Waals surface area contributed by atoms with Gasteiger partial charge in [-0.1, -0.05) is 176 Å². The lowest BCUT2D eigenvalue weighted by molar-refractivity contribution is 0.403. The molecule has 0 spiro atoms. The van der Waals surface area contributed by atoms with Gasteiger partial charge in [0.25, 0.3) is 6.71 Å². The second kappa shape index (κ2) is 16.3. The highest BCUT2D eigenvalue weighted by Gasteiger charge is 2.48. The number of nitrogens with zero attached hydrogens (tertiary/aromatic N) is 3. The molecule has 12 rings (SSSR count). The van der Waals surface area contributed by atoms with Crippen LogP contribution in [0.2, 0.25) is 0 Å². The first kappa shape index (κ1) is 43.7. The molecule has 2 aliphatic heterocycles. The van der Waals surface area contributed by atoms with E-state index in [0.29, 0.717) is 0 Å². The van der Waals surface area contributed by atoms with Gasteiger partial charge in [-0.3, -0.25) is 0 Å². The molecule has 3 aliphatic rings. The summed E-state index contributed by atoms with van der Waals surface area (Å²) >= 11 is 0. The molecule has 342 valence electrons. The van der Waals surface area contributed by atoms with Crippen molar-refractivity contribution in [3.05, 3.63) is 229 Å². The zero-order valence-corrected chi connectivity index (χ0v) is 41.8. The molecular weight excluding hydrogens is 846 g/mol. The van der Waals surface area contributed by atoms with E-state index in [1.165, 1.54) is 89.3 Å². The van der Waals surface area contributed by atoms with Gasteiger partial charge in [0.15, 0.2) is 0 Å². The summed E-state index contributed by atoms with van der Waals surface area (Å²) in [6.45, 7) is 19.0. The van der Waals surface area contributed by atoms with Crippen molar-refractivity contribution < 1.29 is 0 Å². The van der Waals surface area contributed by atoms with Crippen LogP contribution in [0.4, 0.5) is 51.2 Å². The molecule has 70 heavy (non-hydrogen) atoms. The number of aryl methyl sites for hydroxylation is 1. The highest BCUT2D eigenvalue weighted by Crippen LogP contribution is 2.54. The third-order valence-corrected chi connectivity index (χ3v) is 15.4. The molecule has 9 aromatic rings. The van der Waals surface area contributed by atoms with Gasteiger partial charge in [-0.05, 0) is 164 Å². The maximum Gasteiger partial charge on any atom is 0.252 e. The van der Waals surface area contributed by atoms with Crippen LogP contribution in [0.25, 0.3) is 22.3 Å². The van der Waals surface area contributed by atoms with Crippen LogP contribution in [-0.2, 0) is 16.2 Å². The fourth-order valence-electron chi connectivity index (χ4n) is 12.3. The Kier molecular flexibility index (Phi) is 10.2. The topological polar surface area (TPSA) is 9.72 Å². The van der Waals surface area contributed by atoms with Crippen molar-refractivity contribution in [1.82, 2.24) is 0 Å². The maximum atomic E-state index is 2.65. The molecule has 1 aliphatic carbocycles. The van der Waals surface area contributed by atoms with E-state index in [4.69, 9.17) is 0 Å². The summed E-state index contributed by atoms with van der Waals surface area (Å²) in [6.07, 6.45) is 1.09. The number of para-hydroxylation sites is 2. The molecule has 0 unspecified atom stereocenters. The van der Waals surface area contributed by atoms with E-state index in [-0.39, 0.29) is 23.0 Å². The lowest BCUT2D eigenvalue weighted by Crippen LogP contribution is -2.61. The van der Waals surface area contributed by atoms with Crippen LogP contribution in [0.5, 0.6) is 0 Å². The molecule has 4 heteroatoms. The van der Waals surface area contributed by atoms with E-state index in [0.717, 1.165) is 29.2 Å². The standard InChI is InChI=1S/C66H60BN3/c1-44-37-61-63-62(38-44)70(58-36-31-48(64(2,3)4)39-53(58)47-23-15-10-16-24-47)60-42-55-54(65(5,6)43-66(55,7)8)41-57(60)67(63)56-35-34-52(68(49-25-17-11-18-26-49)50-27-19-12-20-28-50)40-59(56)69(61)51-32-29-46(30-33-51)45-21-13-9-14-22-45/h9-42H,43H2,1-8H3. The van der Waals surface area contributed by atoms with Crippen molar-refractivity contribution in [2.45, 2.75) is 78.1 Å². The third kappa shape index (κ3) is 7.18. The van der Waals surface area contributed by atoms with Crippen LogP contribution >= 0.6 is 0 Å². The first-order valence-electron chi connectivity index (χ1n) is 25.1. The molecule has 0 radical (unpaired) electrons. The van der Waals surface area contributed by atoms with Crippen molar-refractivity contribution in [1.29, 1.82) is 0 Å². The fourth-order valence-corrected chi connectivity index (χ4v) is 12.3.